The third-order valence-corrected chi connectivity index (χ3v) is 7.78. The minimum Gasteiger partial charge on any atom is -0.465 e. The molecular weight excluding hydrogens is 508 g/mol. The molecule has 1 N–H and O–H groups in total. The first-order valence-corrected chi connectivity index (χ1v) is 13.2. The summed E-state index contributed by atoms with van der Waals surface area (Å²) in [5.74, 6) is 0.690. The van der Waals surface area contributed by atoms with Crippen molar-refractivity contribution in [2.75, 3.05) is 12.4 Å². The topological polar surface area (TPSA) is 80.9 Å². The minimum atomic E-state index is -0.378. The van der Waals surface area contributed by atoms with Crippen LogP contribution in [0.2, 0.25) is 5.02 Å². The highest BCUT2D eigenvalue weighted by molar-refractivity contribution is 7.16. The van der Waals surface area contributed by atoms with E-state index in [2.05, 4.69) is 5.32 Å². The van der Waals surface area contributed by atoms with Gasteiger partial charge >= 0.3 is 5.97 Å². The summed E-state index contributed by atoms with van der Waals surface area (Å²) < 4.78 is 10.8. The predicted molar refractivity (Wildman–Crippen MR) is 148 cm³/mol. The Kier molecular flexibility index (Phi) is 7.26. The molecule has 0 saturated carbocycles. The average Bonchev–Trinajstić information content (AvgIpc) is 3.52. The second-order valence-electron chi connectivity index (χ2n) is 8.83. The van der Waals surface area contributed by atoms with E-state index < -0.39 is 0 Å². The zero-order valence-corrected chi connectivity index (χ0v) is 22.0. The number of anilines is 1. The Bertz CT molecular complexity index is 1500. The number of aryl methyl sites for hydroxylation is 2. The molecule has 1 aliphatic rings. The maximum atomic E-state index is 13.3. The number of amides is 1. The number of aliphatic imine (C=N–C) groups is 1. The number of carbonyl (C=O) groups is 2. The summed E-state index contributed by atoms with van der Waals surface area (Å²) in [6, 6.07) is 16.1. The standard InChI is InChI=1S/C29H25ClN2O4S/c1-17-15-18(29(34)35-2)7-13-22(17)24-14-12-21(36-24)16-31-28-26(23-5-3-4-6-25(23)37-28)27(33)32-20-10-8-19(30)9-11-20/h7-16H,3-6H2,1-2H3,(H,32,33). The van der Waals surface area contributed by atoms with E-state index in [9.17, 15) is 9.59 Å². The molecule has 4 aromatic rings. The molecule has 0 aliphatic heterocycles. The van der Waals surface area contributed by atoms with E-state index in [0.29, 0.717) is 38.4 Å². The van der Waals surface area contributed by atoms with Crippen LogP contribution in [0.3, 0.4) is 0 Å². The first-order chi connectivity index (χ1) is 17.9. The molecular formula is C29H25ClN2O4S. The van der Waals surface area contributed by atoms with Gasteiger partial charge in [0.15, 0.2) is 0 Å². The summed E-state index contributed by atoms with van der Waals surface area (Å²) in [6.07, 6.45) is 5.66. The molecule has 6 nitrogen and oxygen atoms in total. The van der Waals surface area contributed by atoms with Crippen molar-refractivity contribution >= 4 is 51.7 Å². The molecule has 0 unspecified atom stereocenters. The van der Waals surface area contributed by atoms with Gasteiger partial charge in [-0.25, -0.2) is 9.79 Å². The second-order valence-corrected chi connectivity index (χ2v) is 10.4. The van der Waals surface area contributed by atoms with Gasteiger partial charge in [-0.15, -0.1) is 11.3 Å². The minimum absolute atomic E-state index is 0.171. The van der Waals surface area contributed by atoms with Crippen molar-refractivity contribution in [3.8, 4) is 11.3 Å². The monoisotopic (exact) mass is 532 g/mol. The van der Waals surface area contributed by atoms with Crippen LogP contribution in [0.25, 0.3) is 11.3 Å². The Morgan fingerprint density at radius 1 is 1.08 bits per heavy atom. The number of hydrogen-bond donors (Lipinski definition) is 1. The van der Waals surface area contributed by atoms with Crippen LogP contribution in [-0.4, -0.2) is 25.2 Å². The first-order valence-electron chi connectivity index (χ1n) is 12.0. The molecule has 188 valence electrons. The van der Waals surface area contributed by atoms with Crippen molar-refractivity contribution in [1.29, 1.82) is 0 Å². The van der Waals surface area contributed by atoms with E-state index in [-0.39, 0.29) is 11.9 Å². The van der Waals surface area contributed by atoms with E-state index >= 15 is 0 Å². The number of halogens is 1. The SMILES string of the molecule is COC(=O)c1ccc(-c2ccc(C=Nc3sc4c(c3C(=O)Nc3ccc(Cl)cc3)CCCC4)o2)c(C)c1. The van der Waals surface area contributed by atoms with Crippen LogP contribution in [0, 0.1) is 6.92 Å². The smallest absolute Gasteiger partial charge is 0.337 e. The largest absolute Gasteiger partial charge is 0.465 e. The van der Waals surface area contributed by atoms with Crippen LogP contribution in [0.1, 0.15) is 55.3 Å². The molecule has 8 heteroatoms. The summed E-state index contributed by atoms with van der Waals surface area (Å²) >= 11 is 7.55. The van der Waals surface area contributed by atoms with Crippen LogP contribution in [0.4, 0.5) is 10.7 Å². The molecule has 2 aromatic heterocycles. The molecule has 0 bridgehead atoms. The van der Waals surface area contributed by atoms with E-state index in [1.54, 1.807) is 53.9 Å². The van der Waals surface area contributed by atoms with Crippen LogP contribution in [0.15, 0.2) is 64.0 Å². The number of esters is 1. The van der Waals surface area contributed by atoms with Gasteiger partial charge < -0.3 is 14.5 Å². The summed E-state index contributed by atoms with van der Waals surface area (Å²) in [6.45, 7) is 1.92. The Balaban J connectivity index is 1.41. The number of nitrogens with zero attached hydrogens (tertiary/aromatic N) is 1. The molecule has 5 rings (SSSR count). The highest BCUT2D eigenvalue weighted by Crippen LogP contribution is 2.40. The van der Waals surface area contributed by atoms with E-state index in [4.69, 9.17) is 25.7 Å². The van der Waals surface area contributed by atoms with Gasteiger partial charge in [0.1, 0.15) is 16.5 Å². The molecule has 0 saturated heterocycles. The molecule has 0 fully saturated rings. The number of thiophene rings is 1. The number of carbonyl (C=O) groups excluding carboxylic acids is 2. The Morgan fingerprint density at radius 2 is 1.86 bits per heavy atom. The number of ether oxygens (including phenoxy) is 1. The third-order valence-electron chi connectivity index (χ3n) is 6.33. The highest BCUT2D eigenvalue weighted by atomic mass is 35.5. The number of hydrogen-bond acceptors (Lipinski definition) is 6. The van der Waals surface area contributed by atoms with Gasteiger partial charge in [0.05, 0.1) is 24.5 Å². The molecule has 2 aromatic carbocycles. The van der Waals surface area contributed by atoms with Gasteiger partial charge in [-0.3, -0.25) is 4.79 Å². The summed E-state index contributed by atoms with van der Waals surface area (Å²) in [5, 5.41) is 4.28. The normalized spacial score (nSPS) is 12.9. The number of rotatable bonds is 6. The number of fused-ring (bicyclic) bond motifs is 1. The highest BCUT2D eigenvalue weighted by Gasteiger charge is 2.25. The van der Waals surface area contributed by atoms with E-state index in [1.807, 2.05) is 25.1 Å². The summed E-state index contributed by atoms with van der Waals surface area (Å²) in [7, 11) is 1.36. The lowest BCUT2D eigenvalue weighted by atomic mass is 9.95. The predicted octanol–water partition coefficient (Wildman–Crippen LogP) is 7.64. The molecule has 0 atom stereocenters. The summed E-state index contributed by atoms with van der Waals surface area (Å²) in [5.41, 5.74) is 4.67. The molecule has 1 amide bonds. The van der Waals surface area contributed by atoms with Crippen molar-refractivity contribution in [1.82, 2.24) is 0 Å². The lowest BCUT2D eigenvalue weighted by Gasteiger charge is -2.12. The fraction of sp³-hybridized carbons (Fsp3) is 0.207. The lowest BCUT2D eigenvalue weighted by molar-refractivity contribution is 0.0600. The van der Waals surface area contributed by atoms with E-state index in [1.165, 1.54) is 12.0 Å². The van der Waals surface area contributed by atoms with Crippen molar-refractivity contribution in [3.05, 3.63) is 92.5 Å². The lowest BCUT2D eigenvalue weighted by Crippen LogP contribution is -2.14. The number of methoxy groups -OCH3 is 1. The molecule has 0 spiro atoms. The first kappa shape index (κ1) is 25.0. The van der Waals surface area contributed by atoms with Crippen LogP contribution >= 0.6 is 22.9 Å². The molecule has 0 radical (unpaired) electrons. The quantitative estimate of drug-likeness (QED) is 0.204. The van der Waals surface area contributed by atoms with Gasteiger partial charge in [0.2, 0.25) is 0 Å². The zero-order valence-electron chi connectivity index (χ0n) is 20.5. The Hall–Kier alpha value is -3.68. The second kappa shape index (κ2) is 10.7. The fourth-order valence-electron chi connectivity index (χ4n) is 4.48. The van der Waals surface area contributed by atoms with Gasteiger partial charge in [-0.1, -0.05) is 17.7 Å². The number of nitrogens with one attached hydrogen (secondary N) is 1. The van der Waals surface area contributed by atoms with Crippen LogP contribution < -0.4 is 5.32 Å². The van der Waals surface area contributed by atoms with Crippen molar-refractivity contribution in [2.45, 2.75) is 32.6 Å². The van der Waals surface area contributed by atoms with Crippen molar-refractivity contribution in [2.24, 2.45) is 4.99 Å². The number of benzene rings is 2. The fourth-order valence-corrected chi connectivity index (χ4v) is 5.83. The van der Waals surface area contributed by atoms with Gasteiger partial charge in [-0.2, -0.15) is 0 Å². The molecule has 1 aliphatic carbocycles. The molecule has 2 heterocycles. The van der Waals surface area contributed by atoms with Crippen molar-refractivity contribution in [3.63, 3.8) is 0 Å². The Labute approximate surface area is 224 Å². The zero-order chi connectivity index (χ0) is 25.9. The average molecular weight is 533 g/mol. The van der Waals surface area contributed by atoms with Crippen molar-refractivity contribution < 1.29 is 18.7 Å². The van der Waals surface area contributed by atoms with E-state index in [0.717, 1.165) is 42.4 Å². The summed E-state index contributed by atoms with van der Waals surface area (Å²) in [4.78, 5) is 31.0. The Morgan fingerprint density at radius 3 is 2.62 bits per heavy atom. The maximum Gasteiger partial charge on any atom is 0.337 e. The van der Waals surface area contributed by atoms with Gasteiger partial charge in [-0.05, 0) is 92.3 Å². The molecule has 37 heavy (non-hydrogen) atoms. The van der Waals surface area contributed by atoms with Crippen LogP contribution in [0.5, 0.6) is 0 Å². The van der Waals surface area contributed by atoms with Gasteiger partial charge in [0.25, 0.3) is 5.91 Å². The number of furan rings is 1. The van der Waals surface area contributed by atoms with Gasteiger partial charge in [0, 0.05) is 21.2 Å². The third kappa shape index (κ3) is 5.38. The van der Waals surface area contributed by atoms with Crippen LogP contribution in [-0.2, 0) is 17.6 Å². The maximum absolute atomic E-state index is 13.3.